The van der Waals surface area contributed by atoms with Crippen LogP contribution in [0.5, 0.6) is 5.75 Å². The zero-order valence-electron chi connectivity index (χ0n) is 24.2. The van der Waals surface area contributed by atoms with Crippen LogP contribution in [0, 0.1) is 18.7 Å². The van der Waals surface area contributed by atoms with Crippen molar-refractivity contribution < 1.29 is 13.9 Å². The number of carbonyl (C=O) groups excluding carboxylic acids is 1. The number of methoxy groups -OCH3 is 1. The van der Waals surface area contributed by atoms with E-state index in [1.807, 2.05) is 48.0 Å². The second kappa shape index (κ2) is 14.9. The van der Waals surface area contributed by atoms with Gasteiger partial charge in [-0.05, 0) is 73.7 Å². The van der Waals surface area contributed by atoms with Crippen molar-refractivity contribution in [3.05, 3.63) is 94.9 Å². The zero-order chi connectivity index (χ0) is 29.2. The van der Waals surface area contributed by atoms with Crippen LogP contribution in [0.1, 0.15) is 69.0 Å². The van der Waals surface area contributed by atoms with Gasteiger partial charge in [0.25, 0.3) is 0 Å². The van der Waals surface area contributed by atoms with Gasteiger partial charge in [-0.1, -0.05) is 56.7 Å². The van der Waals surface area contributed by atoms with Gasteiger partial charge >= 0.3 is 0 Å². The monoisotopic (exact) mass is 575 g/mol. The molecule has 0 spiro atoms. The molecule has 0 saturated carbocycles. The molecule has 0 fully saturated rings. The first kappa shape index (κ1) is 30.4. The Kier molecular flexibility index (Phi) is 11.1. The summed E-state index contributed by atoms with van der Waals surface area (Å²) >= 11 is 6.23. The maximum atomic E-state index is 13.6. The lowest BCUT2D eigenvalue weighted by Gasteiger charge is -2.16. The molecular weight excluding hydrogens is 537 g/mol. The van der Waals surface area contributed by atoms with Crippen LogP contribution in [0.3, 0.4) is 0 Å². The minimum Gasteiger partial charge on any atom is -0.497 e. The topological polar surface area (TPSA) is 57.0 Å². The van der Waals surface area contributed by atoms with E-state index >= 15 is 0 Å². The molecule has 2 aromatic heterocycles. The smallest absolute Gasteiger partial charge is 0.140 e. The number of unbranched alkanes of at least 4 members (excludes halogenated alkanes) is 2. The second-order valence-electron chi connectivity index (χ2n) is 10.7. The van der Waals surface area contributed by atoms with E-state index in [4.69, 9.17) is 21.3 Å². The van der Waals surface area contributed by atoms with Crippen LogP contribution in [-0.4, -0.2) is 27.4 Å². The molecule has 5 nitrogen and oxygen atoms in total. The lowest BCUT2D eigenvalue weighted by molar-refractivity contribution is -0.118. The molecule has 0 saturated heterocycles. The third-order valence-electron chi connectivity index (χ3n) is 7.50. The number of nitrogens with zero attached hydrogens (tertiary/aromatic N) is 3. The number of Topliss-reactive ketones (excluding diaryl/α,β-unsaturated/α-hetero) is 1. The van der Waals surface area contributed by atoms with E-state index in [9.17, 15) is 9.18 Å². The van der Waals surface area contributed by atoms with Crippen LogP contribution >= 0.6 is 11.6 Å². The SMILES string of the molecule is CCCCC(CCCCC(=O)Cc1nc(-c2ccc(Cl)c(C)c2)cn1-c1ccc(F)cc1)Cc1cc(OC)ccn1. The van der Waals surface area contributed by atoms with Gasteiger partial charge in [0.05, 0.1) is 19.2 Å². The maximum Gasteiger partial charge on any atom is 0.140 e. The highest BCUT2D eigenvalue weighted by Crippen LogP contribution is 2.27. The summed E-state index contributed by atoms with van der Waals surface area (Å²) in [5.74, 6) is 1.86. The Hall–Kier alpha value is -3.51. The fourth-order valence-electron chi connectivity index (χ4n) is 5.16. The van der Waals surface area contributed by atoms with E-state index in [0.717, 1.165) is 66.1 Å². The molecule has 0 bridgehead atoms. The van der Waals surface area contributed by atoms with Crippen molar-refractivity contribution in [2.75, 3.05) is 7.11 Å². The predicted octanol–water partition coefficient (Wildman–Crippen LogP) is 8.76. The Bertz CT molecular complexity index is 1430. The molecule has 4 aromatic rings. The first-order chi connectivity index (χ1) is 19.9. The molecule has 216 valence electrons. The number of imidazole rings is 1. The van der Waals surface area contributed by atoms with E-state index in [0.29, 0.717) is 23.2 Å². The highest BCUT2D eigenvalue weighted by atomic mass is 35.5. The molecule has 0 amide bonds. The summed E-state index contributed by atoms with van der Waals surface area (Å²) in [4.78, 5) is 22.5. The third kappa shape index (κ3) is 8.74. The van der Waals surface area contributed by atoms with Crippen molar-refractivity contribution in [3.8, 4) is 22.7 Å². The summed E-state index contributed by atoms with van der Waals surface area (Å²) in [6.45, 7) is 4.17. The highest BCUT2D eigenvalue weighted by molar-refractivity contribution is 6.31. The average Bonchev–Trinajstić information content (AvgIpc) is 3.39. The van der Waals surface area contributed by atoms with Gasteiger partial charge < -0.3 is 9.30 Å². The van der Waals surface area contributed by atoms with Crippen LogP contribution in [0.2, 0.25) is 5.02 Å². The summed E-state index contributed by atoms with van der Waals surface area (Å²) in [5.41, 5.74) is 4.45. The summed E-state index contributed by atoms with van der Waals surface area (Å²) < 4.78 is 20.9. The number of carbonyl (C=O) groups is 1. The number of halogens is 2. The van der Waals surface area contributed by atoms with Gasteiger partial charge in [-0.15, -0.1) is 0 Å². The number of rotatable bonds is 15. The van der Waals surface area contributed by atoms with Gasteiger partial charge in [0, 0.05) is 46.8 Å². The van der Waals surface area contributed by atoms with Crippen molar-refractivity contribution in [1.82, 2.24) is 14.5 Å². The van der Waals surface area contributed by atoms with Gasteiger partial charge in [-0.2, -0.15) is 0 Å². The van der Waals surface area contributed by atoms with Crippen LogP contribution in [0.4, 0.5) is 4.39 Å². The Balaban J connectivity index is 1.39. The van der Waals surface area contributed by atoms with Crippen LogP contribution in [-0.2, 0) is 17.6 Å². The number of ether oxygens (including phenoxy) is 1. The van der Waals surface area contributed by atoms with E-state index in [1.54, 1.807) is 25.4 Å². The number of ketones is 1. The number of aryl methyl sites for hydroxylation is 1. The minimum absolute atomic E-state index is 0.150. The van der Waals surface area contributed by atoms with Crippen LogP contribution in [0.15, 0.2) is 67.0 Å². The Labute approximate surface area is 247 Å². The van der Waals surface area contributed by atoms with Crippen molar-refractivity contribution >= 4 is 17.4 Å². The number of aromatic nitrogens is 3. The van der Waals surface area contributed by atoms with Gasteiger partial charge in [-0.3, -0.25) is 9.78 Å². The molecule has 0 aliphatic heterocycles. The summed E-state index contributed by atoms with van der Waals surface area (Å²) in [6.07, 6.45) is 11.8. The molecule has 1 atom stereocenters. The van der Waals surface area contributed by atoms with Gasteiger partial charge in [0.2, 0.25) is 0 Å². The molecule has 7 heteroatoms. The predicted molar refractivity (Wildman–Crippen MR) is 163 cm³/mol. The first-order valence-electron chi connectivity index (χ1n) is 14.5. The molecule has 0 N–H and O–H groups in total. The van der Waals surface area contributed by atoms with Crippen LogP contribution in [0.25, 0.3) is 16.9 Å². The third-order valence-corrected chi connectivity index (χ3v) is 7.92. The largest absolute Gasteiger partial charge is 0.497 e. The summed E-state index contributed by atoms with van der Waals surface area (Å²) in [6, 6.07) is 15.9. The first-order valence-corrected chi connectivity index (χ1v) is 14.9. The van der Waals surface area contributed by atoms with E-state index < -0.39 is 0 Å². The number of hydrogen-bond donors (Lipinski definition) is 0. The van der Waals surface area contributed by atoms with Gasteiger partial charge in [-0.25, -0.2) is 9.37 Å². The van der Waals surface area contributed by atoms with Gasteiger partial charge in [0.15, 0.2) is 0 Å². The number of hydrogen-bond acceptors (Lipinski definition) is 4. The average molecular weight is 576 g/mol. The zero-order valence-corrected chi connectivity index (χ0v) is 25.0. The highest BCUT2D eigenvalue weighted by Gasteiger charge is 2.16. The maximum absolute atomic E-state index is 13.6. The second-order valence-corrected chi connectivity index (χ2v) is 11.1. The molecule has 2 aromatic carbocycles. The van der Waals surface area contributed by atoms with Crippen molar-refractivity contribution in [3.63, 3.8) is 0 Å². The fraction of sp³-hybridized carbons (Fsp3) is 0.382. The standard InChI is InChI=1S/C34H39ClFN3O2/c1-4-5-8-25(20-28-21-31(41-3)17-18-37-28)9-6-7-10-30(40)22-34-38-33(26-11-16-32(35)24(2)19-26)23-39(34)29-14-12-27(36)13-15-29/h11-19,21,23,25H,4-10,20,22H2,1-3H3. The number of benzene rings is 2. The molecule has 0 aliphatic carbocycles. The summed E-state index contributed by atoms with van der Waals surface area (Å²) in [5, 5.41) is 0.693. The number of pyridine rings is 1. The van der Waals surface area contributed by atoms with Crippen molar-refractivity contribution in [1.29, 1.82) is 0 Å². The Morgan fingerprint density at radius 2 is 1.83 bits per heavy atom. The quantitative estimate of drug-likeness (QED) is 0.133. The Morgan fingerprint density at radius 3 is 2.56 bits per heavy atom. The lowest BCUT2D eigenvalue weighted by Crippen LogP contribution is -2.10. The van der Waals surface area contributed by atoms with Crippen molar-refractivity contribution in [2.45, 2.75) is 71.6 Å². The normalized spacial score (nSPS) is 11.9. The molecule has 1 unspecified atom stereocenters. The van der Waals surface area contributed by atoms with Gasteiger partial charge in [0.1, 0.15) is 23.2 Å². The molecular formula is C34H39ClFN3O2. The van der Waals surface area contributed by atoms with Crippen LogP contribution < -0.4 is 4.74 Å². The molecule has 0 radical (unpaired) electrons. The minimum atomic E-state index is -0.306. The van der Waals surface area contributed by atoms with E-state index in [2.05, 4.69) is 11.9 Å². The molecule has 0 aliphatic rings. The Morgan fingerprint density at radius 1 is 1.05 bits per heavy atom. The van der Waals surface area contributed by atoms with Crippen molar-refractivity contribution in [2.24, 2.45) is 5.92 Å². The molecule has 41 heavy (non-hydrogen) atoms. The summed E-state index contributed by atoms with van der Waals surface area (Å²) in [7, 11) is 1.68. The van der Waals surface area contributed by atoms with E-state index in [1.165, 1.54) is 25.0 Å². The fourth-order valence-corrected chi connectivity index (χ4v) is 5.28. The molecule has 4 rings (SSSR count). The lowest BCUT2D eigenvalue weighted by atomic mass is 9.90. The van der Waals surface area contributed by atoms with E-state index in [-0.39, 0.29) is 18.0 Å². The molecule has 2 heterocycles.